The number of aromatic nitrogens is 1. The Balaban J connectivity index is 0.00000176. The molecule has 4 nitrogen and oxygen atoms in total. The molecule has 1 atom stereocenters. The number of hydrogen-bond acceptors (Lipinski definition) is 4. The van der Waals surface area contributed by atoms with E-state index in [-0.39, 0.29) is 18.3 Å². The van der Waals surface area contributed by atoms with Gasteiger partial charge in [-0.25, -0.2) is 4.98 Å². The summed E-state index contributed by atoms with van der Waals surface area (Å²) in [6, 6.07) is 8.15. The van der Waals surface area contributed by atoms with Crippen LogP contribution in [0.2, 0.25) is 0 Å². The molecule has 1 amide bonds. The summed E-state index contributed by atoms with van der Waals surface area (Å²) in [5, 5.41) is 7.47. The third-order valence-corrected chi connectivity index (χ3v) is 5.18. The number of fused-ring (bicyclic) bond motifs is 1. The van der Waals surface area contributed by atoms with Crippen LogP contribution in [0.5, 0.6) is 0 Å². The summed E-state index contributed by atoms with van der Waals surface area (Å²) in [5.74, 6) is 0.114. The lowest BCUT2D eigenvalue weighted by molar-refractivity contribution is -0.127. The second-order valence-corrected chi connectivity index (χ2v) is 6.91. The van der Waals surface area contributed by atoms with Gasteiger partial charge < -0.3 is 10.6 Å². The van der Waals surface area contributed by atoms with Crippen LogP contribution in [0.3, 0.4) is 0 Å². The fourth-order valence-electron chi connectivity index (χ4n) is 2.75. The van der Waals surface area contributed by atoms with Crippen LogP contribution in [0.25, 0.3) is 10.2 Å². The summed E-state index contributed by atoms with van der Waals surface area (Å²) in [7, 11) is 0. The van der Waals surface area contributed by atoms with Crippen molar-refractivity contribution in [1.29, 1.82) is 0 Å². The van der Waals surface area contributed by atoms with Gasteiger partial charge in [-0.15, -0.1) is 23.7 Å². The molecule has 0 aliphatic carbocycles. The highest BCUT2D eigenvalue weighted by molar-refractivity contribution is 7.18. The third kappa shape index (κ3) is 3.77. The molecule has 1 aromatic heterocycles. The van der Waals surface area contributed by atoms with Crippen molar-refractivity contribution in [3.63, 3.8) is 0 Å². The Kier molecular flexibility index (Phi) is 5.78. The Morgan fingerprint density at radius 1 is 1.41 bits per heavy atom. The van der Waals surface area contributed by atoms with E-state index in [2.05, 4.69) is 21.7 Å². The van der Waals surface area contributed by atoms with E-state index in [0.717, 1.165) is 42.8 Å². The Labute approximate surface area is 141 Å². The van der Waals surface area contributed by atoms with Gasteiger partial charge in [0.15, 0.2) is 0 Å². The number of thiazole rings is 1. The van der Waals surface area contributed by atoms with E-state index in [1.54, 1.807) is 11.3 Å². The highest BCUT2D eigenvalue weighted by Crippen LogP contribution is 2.22. The van der Waals surface area contributed by atoms with Gasteiger partial charge in [0.1, 0.15) is 0 Å². The molecule has 120 valence electrons. The summed E-state index contributed by atoms with van der Waals surface area (Å²) in [4.78, 5) is 16.9. The van der Waals surface area contributed by atoms with Crippen LogP contribution in [0.1, 0.15) is 31.2 Å². The zero-order chi connectivity index (χ0) is 14.7. The molecule has 2 aromatic rings. The van der Waals surface area contributed by atoms with Crippen LogP contribution in [-0.2, 0) is 11.2 Å². The summed E-state index contributed by atoms with van der Waals surface area (Å²) >= 11 is 1.71. The largest absolute Gasteiger partial charge is 0.354 e. The average molecular weight is 340 g/mol. The topological polar surface area (TPSA) is 54.0 Å². The van der Waals surface area contributed by atoms with Gasteiger partial charge in [-0.1, -0.05) is 12.1 Å². The lowest BCUT2D eigenvalue weighted by Gasteiger charge is -2.33. The smallest absolute Gasteiger partial charge is 0.240 e. The Morgan fingerprint density at radius 3 is 2.95 bits per heavy atom. The van der Waals surface area contributed by atoms with Crippen LogP contribution in [-0.4, -0.2) is 29.5 Å². The SMILES string of the molecule is CC1(C(=O)NCCc2nc3ccccc3s2)CCCCN1.Cl. The van der Waals surface area contributed by atoms with Gasteiger partial charge in [0.05, 0.1) is 20.8 Å². The van der Waals surface area contributed by atoms with Gasteiger partial charge in [0, 0.05) is 13.0 Å². The average Bonchev–Trinajstić information content (AvgIpc) is 2.90. The van der Waals surface area contributed by atoms with Gasteiger partial charge in [0.2, 0.25) is 5.91 Å². The summed E-state index contributed by atoms with van der Waals surface area (Å²) in [6.45, 7) is 3.58. The number of amides is 1. The maximum absolute atomic E-state index is 12.3. The van der Waals surface area contributed by atoms with E-state index in [4.69, 9.17) is 0 Å². The second-order valence-electron chi connectivity index (χ2n) is 5.80. The van der Waals surface area contributed by atoms with Crippen molar-refractivity contribution in [2.75, 3.05) is 13.1 Å². The molecular weight excluding hydrogens is 318 g/mol. The van der Waals surface area contributed by atoms with Crippen LogP contribution >= 0.6 is 23.7 Å². The summed E-state index contributed by atoms with van der Waals surface area (Å²) < 4.78 is 1.21. The first-order chi connectivity index (χ1) is 10.2. The van der Waals surface area contributed by atoms with E-state index >= 15 is 0 Å². The number of piperidine rings is 1. The number of nitrogens with zero attached hydrogens (tertiary/aromatic N) is 1. The first-order valence-corrected chi connectivity index (χ1v) is 8.37. The first-order valence-electron chi connectivity index (χ1n) is 7.55. The minimum absolute atomic E-state index is 0. The van der Waals surface area contributed by atoms with Gasteiger partial charge in [-0.05, 0) is 44.9 Å². The summed E-state index contributed by atoms with van der Waals surface area (Å²) in [6.07, 6.45) is 3.99. The number of halogens is 1. The van der Waals surface area contributed by atoms with Crippen molar-refractivity contribution in [3.8, 4) is 0 Å². The maximum Gasteiger partial charge on any atom is 0.240 e. The zero-order valence-corrected chi connectivity index (χ0v) is 14.4. The minimum Gasteiger partial charge on any atom is -0.354 e. The number of nitrogens with one attached hydrogen (secondary N) is 2. The highest BCUT2D eigenvalue weighted by atomic mass is 35.5. The lowest BCUT2D eigenvalue weighted by atomic mass is 9.90. The molecule has 1 aliphatic rings. The van der Waals surface area contributed by atoms with Crippen molar-refractivity contribution in [3.05, 3.63) is 29.3 Å². The molecule has 1 unspecified atom stereocenters. The molecular formula is C16H22ClN3OS. The molecule has 2 N–H and O–H groups in total. The van der Waals surface area contributed by atoms with E-state index in [1.807, 2.05) is 25.1 Å². The third-order valence-electron chi connectivity index (χ3n) is 4.08. The van der Waals surface area contributed by atoms with Crippen molar-refractivity contribution < 1.29 is 4.79 Å². The van der Waals surface area contributed by atoms with Gasteiger partial charge in [0.25, 0.3) is 0 Å². The standard InChI is InChI=1S/C16H21N3OS.ClH/c1-16(9-4-5-10-18-16)15(20)17-11-8-14-19-12-6-2-3-7-13(12)21-14;/h2-3,6-7,18H,4-5,8-11H2,1H3,(H,17,20);1H. The predicted octanol–water partition coefficient (Wildman–Crippen LogP) is 2.91. The van der Waals surface area contributed by atoms with Crippen molar-refractivity contribution in [2.45, 2.75) is 38.1 Å². The van der Waals surface area contributed by atoms with E-state index in [1.165, 1.54) is 4.70 Å². The quantitative estimate of drug-likeness (QED) is 0.900. The number of benzene rings is 1. The van der Waals surface area contributed by atoms with Gasteiger partial charge >= 0.3 is 0 Å². The molecule has 6 heteroatoms. The molecule has 0 bridgehead atoms. The second kappa shape index (κ2) is 7.40. The number of para-hydroxylation sites is 1. The van der Waals surface area contributed by atoms with Crippen molar-refractivity contribution >= 4 is 39.9 Å². The highest BCUT2D eigenvalue weighted by Gasteiger charge is 2.33. The van der Waals surface area contributed by atoms with Gasteiger partial charge in [-0.3, -0.25) is 4.79 Å². The van der Waals surface area contributed by atoms with Crippen LogP contribution in [0, 0.1) is 0 Å². The normalized spacial score (nSPS) is 21.3. The molecule has 0 saturated carbocycles. The van der Waals surface area contributed by atoms with Crippen LogP contribution < -0.4 is 10.6 Å². The van der Waals surface area contributed by atoms with Crippen LogP contribution in [0.4, 0.5) is 0 Å². The molecule has 2 heterocycles. The Bertz CT molecular complexity index is 604. The summed E-state index contributed by atoms with van der Waals surface area (Å²) in [5.41, 5.74) is 0.649. The fourth-order valence-corrected chi connectivity index (χ4v) is 3.72. The molecule has 0 radical (unpaired) electrons. The molecule has 1 aliphatic heterocycles. The minimum atomic E-state index is -0.397. The van der Waals surface area contributed by atoms with E-state index in [9.17, 15) is 4.79 Å². The maximum atomic E-state index is 12.3. The predicted molar refractivity (Wildman–Crippen MR) is 93.8 cm³/mol. The monoisotopic (exact) mass is 339 g/mol. The molecule has 0 spiro atoms. The first kappa shape index (κ1) is 17.2. The molecule has 1 saturated heterocycles. The zero-order valence-electron chi connectivity index (χ0n) is 12.7. The Hall–Kier alpha value is -1.17. The van der Waals surface area contributed by atoms with Crippen LogP contribution in [0.15, 0.2) is 24.3 Å². The fraction of sp³-hybridized carbons (Fsp3) is 0.500. The molecule has 1 fully saturated rings. The number of rotatable bonds is 4. The molecule has 1 aromatic carbocycles. The van der Waals surface area contributed by atoms with E-state index < -0.39 is 5.54 Å². The Morgan fingerprint density at radius 2 is 2.23 bits per heavy atom. The number of hydrogen-bond donors (Lipinski definition) is 2. The van der Waals surface area contributed by atoms with E-state index in [0.29, 0.717) is 6.54 Å². The molecule has 22 heavy (non-hydrogen) atoms. The number of carbonyl (C=O) groups is 1. The van der Waals surface area contributed by atoms with Crippen molar-refractivity contribution in [1.82, 2.24) is 15.6 Å². The van der Waals surface area contributed by atoms with Crippen molar-refractivity contribution in [2.24, 2.45) is 0 Å². The van der Waals surface area contributed by atoms with Gasteiger partial charge in [-0.2, -0.15) is 0 Å². The lowest BCUT2D eigenvalue weighted by Crippen LogP contribution is -2.57. The number of carbonyl (C=O) groups excluding carboxylic acids is 1. The molecule has 3 rings (SSSR count).